The van der Waals surface area contributed by atoms with Crippen LogP contribution in [0.5, 0.6) is 0 Å². The number of halogens is 2. The van der Waals surface area contributed by atoms with Crippen molar-refractivity contribution in [2.75, 3.05) is 12.4 Å². The highest BCUT2D eigenvalue weighted by molar-refractivity contribution is 7.99. The van der Waals surface area contributed by atoms with Crippen molar-refractivity contribution in [3.63, 3.8) is 0 Å². The van der Waals surface area contributed by atoms with E-state index in [2.05, 4.69) is 15.5 Å². The molecule has 0 saturated carbocycles. The van der Waals surface area contributed by atoms with E-state index >= 15 is 0 Å². The Morgan fingerprint density at radius 2 is 1.96 bits per heavy atom. The molecule has 9 heteroatoms. The fourth-order valence-electron chi connectivity index (χ4n) is 1.42. The molecule has 0 aromatic heterocycles. The highest BCUT2D eigenvalue weighted by Crippen LogP contribution is 2.18. The minimum atomic E-state index is -0.230. The molecule has 0 radical (unpaired) electrons. The van der Waals surface area contributed by atoms with Crippen LogP contribution in [0.1, 0.15) is 20.3 Å². The van der Waals surface area contributed by atoms with Crippen molar-refractivity contribution in [1.29, 1.82) is 0 Å². The molecule has 1 rings (SSSR count). The van der Waals surface area contributed by atoms with Gasteiger partial charge in [0.25, 0.3) is 0 Å². The first-order valence-corrected chi connectivity index (χ1v) is 7.89. The third-order valence-electron chi connectivity index (χ3n) is 2.28. The number of benzene rings is 1. The van der Waals surface area contributed by atoms with Crippen molar-refractivity contribution < 1.29 is 9.23 Å². The molecule has 0 aliphatic carbocycles. The molecular formula is C14H23ClFN5OS. The highest BCUT2D eigenvalue weighted by Gasteiger charge is 1.98. The van der Waals surface area contributed by atoms with Crippen LogP contribution >= 0.6 is 24.2 Å². The maximum absolute atomic E-state index is 12.7. The van der Waals surface area contributed by atoms with E-state index in [4.69, 9.17) is 16.3 Å². The summed E-state index contributed by atoms with van der Waals surface area (Å²) in [6.07, 6.45) is 0.803. The Morgan fingerprint density at radius 3 is 2.57 bits per heavy atom. The maximum atomic E-state index is 12.7. The molecule has 1 aromatic rings. The summed E-state index contributed by atoms with van der Waals surface area (Å²) < 4.78 is 12.7. The summed E-state index contributed by atoms with van der Waals surface area (Å²) in [6.45, 7) is 4.24. The third kappa shape index (κ3) is 10.8. The Labute approximate surface area is 146 Å². The Hall–Kier alpha value is -1.51. The van der Waals surface area contributed by atoms with Crippen LogP contribution < -0.4 is 16.9 Å². The maximum Gasteiger partial charge on any atom is 0.221 e. The predicted octanol–water partition coefficient (Wildman–Crippen LogP) is 2.29. The van der Waals surface area contributed by atoms with E-state index in [9.17, 15) is 4.39 Å². The van der Waals surface area contributed by atoms with E-state index in [0.29, 0.717) is 6.61 Å². The highest BCUT2D eigenvalue weighted by atomic mass is 35.5. The molecule has 130 valence electrons. The van der Waals surface area contributed by atoms with Gasteiger partial charge in [0.2, 0.25) is 11.9 Å². The molecule has 0 amide bonds. The molecule has 5 N–H and O–H groups in total. The van der Waals surface area contributed by atoms with E-state index < -0.39 is 0 Å². The van der Waals surface area contributed by atoms with E-state index in [1.54, 1.807) is 23.9 Å². The van der Waals surface area contributed by atoms with Crippen LogP contribution in [0.15, 0.2) is 39.1 Å². The summed E-state index contributed by atoms with van der Waals surface area (Å²) in [7, 11) is 0. The van der Waals surface area contributed by atoms with Crippen molar-refractivity contribution in [3.05, 3.63) is 30.1 Å². The summed E-state index contributed by atoms with van der Waals surface area (Å²) in [6, 6.07) is 6.45. The first kappa shape index (κ1) is 21.5. The average molecular weight is 364 g/mol. The van der Waals surface area contributed by atoms with Crippen LogP contribution in [0.25, 0.3) is 0 Å². The topological polar surface area (TPSA) is 98.0 Å². The Kier molecular flexibility index (Phi) is 11.2. The molecule has 0 fully saturated rings. The van der Waals surface area contributed by atoms with Gasteiger partial charge in [-0.25, -0.2) is 14.9 Å². The van der Waals surface area contributed by atoms with Crippen LogP contribution in [-0.2, 0) is 4.84 Å². The largest absolute Gasteiger partial charge is 0.368 e. The van der Waals surface area contributed by atoms with E-state index in [1.807, 2.05) is 13.8 Å². The molecule has 1 aromatic carbocycles. The van der Waals surface area contributed by atoms with E-state index in [0.717, 1.165) is 17.1 Å². The fourth-order valence-corrected chi connectivity index (χ4v) is 2.24. The second-order valence-electron chi connectivity index (χ2n) is 4.68. The Bertz CT molecular complexity index is 510. The van der Waals surface area contributed by atoms with Crippen molar-refractivity contribution in [2.45, 2.75) is 31.2 Å². The lowest BCUT2D eigenvalue weighted by molar-refractivity contribution is 0.0854. The van der Waals surface area contributed by atoms with Crippen LogP contribution in [0.4, 0.5) is 4.39 Å². The van der Waals surface area contributed by atoms with Crippen LogP contribution in [0.2, 0.25) is 0 Å². The zero-order valence-corrected chi connectivity index (χ0v) is 14.8. The molecule has 0 atom stereocenters. The lowest BCUT2D eigenvalue weighted by atomic mass is 10.4. The van der Waals surface area contributed by atoms with Crippen LogP contribution in [0, 0.1) is 5.82 Å². The first-order valence-electron chi connectivity index (χ1n) is 6.91. The van der Waals surface area contributed by atoms with E-state index in [1.165, 1.54) is 12.1 Å². The number of hydrogen-bond acceptors (Lipinski definition) is 3. The number of nitrogens with one attached hydrogen (secondary N) is 1. The van der Waals surface area contributed by atoms with Crippen LogP contribution in [0.3, 0.4) is 0 Å². The standard InChI is InChI=1S/C14H22FN5OS.ClH/c1-10(2)18-13(16)19-14(17)20-21-8-3-9-22-12-6-4-11(15)5-7-12;/h4-7,10H,3,8-9H2,1-2H3,(H5,16,17,18,19,20);1H. The molecule has 0 saturated heterocycles. The normalized spacial score (nSPS) is 12.2. The number of rotatable bonds is 7. The number of hydrogen-bond donors (Lipinski definition) is 3. The minimum absolute atomic E-state index is 0. The number of guanidine groups is 2. The van der Waals surface area contributed by atoms with Crippen molar-refractivity contribution in [2.24, 2.45) is 21.5 Å². The van der Waals surface area contributed by atoms with Gasteiger partial charge >= 0.3 is 0 Å². The SMILES string of the molecule is CC(C)N=C(N)N=C(N)NOCCCSc1ccc(F)cc1.Cl. The average Bonchev–Trinajstić information content (AvgIpc) is 2.43. The number of nitrogens with zero attached hydrogens (tertiary/aromatic N) is 2. The lowest BCUT2D eigenvalue weighted by Gasteiger charge is -2.06. The summed E-state index contributed by atoms with van der Waals surface area (Å²) >= 11 is 1.63. The van der Waals surface area contributed by atoms with Gasteiger partial charge in [-0.3, -0.25) is 4.84 Å². The number of aliphatic imine (C=N–C) groups is 2. The first-order chi connectivity index (χ1) is 10.5. The van der Waals surface area contributed by atoms with Crippen LogP contribution in [-0.4, -0.2) is 30.3 Å². The van der Waals surface area contributed by atoms with Gasteiger partial charge < -0.3 is 11.5 Å². The number of thioether (sulfide) groups is 1. The van der Waals surface area contributed by atoms with Crippen molar-refractivity contribution in [1.82, 2.24) is 5.48 Å². The van der Waals surface area contributed by atoms with Gasteiger partial charge in [-0.1, -0.05) is 0 Å². The Morgan fingerprint density at radius 1 is 1.30 bits per heavy atom. The summed E-state index contributed by atoms with van der Waals surface area (Å²) in [5, 5.41) is 0. The second kappa shape index (κ2) is 12.0. The van der Waals surface area contributed by atoms with Crippen molar-refractivity contribution >= 4 is 36.1 Å². The third-order valence-corrected chi connectivity index (χ3v) is 3.37. The zero-order chi connectivity index (χ0) is 16.4. The quantitative estimate of drug-likeness (QED) is 0.227. The summed E-state index contributed by atoms with van der Waals surface area (Å²) in [4.78, 5) is 14.0. The molecule has 0 bridgehead atoms. The predicted molar refractivity (Wildman–Crippen MR) is 96.5 cm³/mol. The van der Waals surface area contributed by atoms with Gasteiger partial charge in [-0.05, 0) is 44.5 Å². The van der Waals surface area contributed by atoms with Crippen molar-refractivity contribution in [3.8, 4) is 0 Å². The molecule has 0 unspecified atom stereocenters. The number of nitrogens with two attached hydrogens (primary N) is 2. The zero-order valence-electron chi connectivity index (χ0n) is 13.2. The monoisotopic (exact) mass is 363 g/mol. The molecule has 23 heavy (non-hydrogen) atoms. The van der Waals surface area contributed by atoms with Gasteiger partial charge in [0, 0.05) is 16.7 Å². The van der Waals surface area contributed by atoms with Gasteiger partial charge in [-0.15, -0.1) is 24.2 Å². The molecule has 6 nitrogen and oxygen atoms in total. The van der Waals surface area contributed by atoms with Gasteiger partial charge in [0.05, 0.1) is 6.61 Å². The fraction of sp³-hybridized carbons (Fsp3) is 0.429. The Balaban J connectivity index is 0.00000484. The summed E-state index contributed by atoms with van der Waals surface area (Å²) in [5.41, 5.74) is 13.6. The molecular weight excluding hydrogens is 341 g/mol. The van der Waals surface area contributed by atoms with E-state index in [-0.39, 0.29) is 36.2 Å². The lowest BCUT2D eigenvalue weighted by Crippen LogP contribution is -2.34. The van der Waals surface area contributed by atoms with Gasteiger partial charge in [0.15, 0.2) is 0 Å². The minimum Gasteiger partial charge on any atom is -0.368 e. The van der Waals surface area contributed by atoms with Gasteiger partial charge in [0.1, 0.15) is 5.82 Å². The smallest absolute Gasteiger partial charge is 0.221 e. The second-order valence-corrected chi connectivity index (χ2v) is 5.85. The molecule has 0 aliphatic heterocycles. The molecule has 0 aliphatic rings. The summed E-state index contributed by atoms with van der Waals surface area (Å²) in [5.74, 6) is 0.789. The number of hydroxylamine groups is 1. The molecule has 0 heterocycles. The van der Waals surface area contributed by atoms with Gasteiger partial charge in [-0.2, -0.15) is 4.99 Å². The molecule has 0 spiro atoms.